The van der Waals surface area contributed by atoms with E-state index in [2.05, 4.69) is 12.6 Å². The van der Waals surface area contributed by atoms with Crippen LogP contribution in [0.2, 0.25) is 0 Å². The number of halogens is 1. The second-order valence-corrected chi connectivity index (χ2v) is 4.17. The van der Waals surface area contributed by atoms with Gasteiger partial charge in [-0.2, -0.15) is 0 Å². The third-order valence-corrected chi connectivity index (χ3v) is 2.79. The van der Waals surface area contributed by atoms with Crippen molar-refractivity contribution in [3.05, 3.63) is 29.3 Å². The summed E-state index contributed by atoms with van der Waals surface area (Å²) < 4.78 is 4.90. The first-order valence-electron chi connectivity index (χ1n) is 5.15. The van der Waals surface area contributed by atoms with Crippen molar-refractivity contribution in [2.75, 3.05) is 12.5 Å². The number of Topliss-reactive ketones (excluding diaryl/α,β-unsaturated/α-hetero) is 1. The molecule has 17 heavy (non-hydrogen) atoms. The summed E-state index contributed by atoms with van der Waals surface area (Å²) in [5.74, 6) is -0.553. The fourth-order valence-corrected chi connectivity index (χ4v) is 1.67. The molecule has 0 aliphatic carbocycles. The van der Waals surface area contributed by atoms with Gasteiger partial charge in [0.25, 0.3) is 0 Å². The number of thiol groups is 1. The number of ether oxygens (including phenoxy) is 1. The molecule has 0 aliphatic heterocycles. The van der Waals surface area contributed by atoms with Crippen LogP contribution in [0.5, 0.6) is 0 Å². The van der Waals surface area contributed by atoms with Crippen molar-refractivity contribution in [3.63, 3.8) is 0 Å². The van der Waals surface area contributed by atoms with Crippen LogP contribution in [0.15, 0.2) is 23.1 Å². The SMILES string of the molecule is CCOC(=O)c1cc(CC(=O)CCl)ccc1S. The van der Waals surface area contributed by atoms with Gasteiger partial charge in [0.15, 0.2) is 5.78 Å². The molecule has 0 saturated carbocycles. The lowest BCUT2D eigenvalue weighted by atomic mass is 10.1. The van der Waals surface area contributed by atoms with Gasteiger partial charge in [0, 0.05) is 11.3 Å². The number of hydrogen-bond donors (Lipinski definition) is 1. The predicted molar refractivity (Wildman–Crippen MR) is 69.1 cm³/mol. The highest BCUT2D eigenvalue weighted by atomic mass is 35.5. The van der Waals surface area contributed by atoms with E-state index < -0.39 is 5.97 Å². The molecule has 0 N–H and O–H groups in total. The third kappa shape index (κ3) is 4.06. The van der Waals surface area contributed by atoms with Crippen LogP contribution in [0.4, 0.5) is 0 Å². The number of hydrogen-bond acceptors (Lipinski definition) is 4. The van der Waals surface area contributed by atoms with Gasteiger partial charge in [-0.15, -0.1) is 24.2 Å². The van der Waals surface area contributed by atoms with Crippen LogP contribution in [0, 0.1) is 0 Å². The number of carbonyl (C=O) groups is 2. The molecule has 0 amide bonds. The molecule has 3 nitrogen and oxygen atoms in total. The van der Waals surface area contributed by atoms with Crippen LogP contribution in [-0.2, 0) is 16.0 Å². The second-order valence-electron chi connectivity index (χ2n) is 3.42. The van der Waals surface area contributed by atoms with E-state index in [4.69, 9.17) is 16.3 Å². The lowest BCUT2D eigenvalue weighted by molar-refractivity contribution is -0.116. The first-order valence-corrected chi connectivity index (χ1v) is 6.13. The Kier molecular flexibility index (Phi) is 5.51. The Morgan fingerprint density at radius 2 is 2.12 bits per heavy atom. The normalized spacial score (nSPS) is 10.1. The number of rotatable bonds is 5. The van der Waals surface area contributed by atoms with Gasteiger partial charge >= 0.3 is 5.97 Å². The first-order chi connectivity index (χ1) is 8.08. The molecule has 0 bridgehead atoms. The topological polar surface area (TPSA) is 43.4 Å². The van der Waals surface area contributed by atoms with Gasteiger partial charge in [0.1, 0.15) is 0 Å². The fourth-order valence-electron chi connectivity index (χ4n) is 1.34. The average Bonchev–Trinajstić information content (AvgIpc) is 2.31. The van der Waals surface area contributed by atoms with Gasteiger partial charge in [0.2, 0.25) is 0 Å². The zero-order valence-electron chi connectivity index (χ0n) is 9.40. The van der Waals surface area contributed by atoms with Crippen molar-refractivity contribution in [3.8, 4) is 0 Å². The van der Waals surface area contributed by atoms with Crippen molar-refractivity contribution in [1.82, 2.24) is 0 Å². The zero-order chi connectivity index (χ0) is 12.8. The molecule has 0 saturated heterocycles. The molecule has 1 rings (SSSR count). The molecule has 0 atom stereocenters. The Labute approximate surface area is 111 Å². The van der Waals surface area contributed by atoms with Crippen LogP contribution < -0.4 is 0 Å². The summed E-state index contributed by atoms with van der Waals surface area (Å²) >= 11 is 9.61. The van der Waals surface area contributed by atoms with Gasteiger partial charge in [-0.05, 0) is 24.6 Å². The monoisotopic (exact) mass is 272 g/mol. The van der Waals surface area contributed by atoms with E-state index in [0.717, 1.165) is 5.56 Å². The van der Waals surface area contributed by atoms with Crippen LogP contribution in [0.25, 0.3) is 0 Å². The maximum Gasteiger partial charge on any atom is 0.339 e. The van der Waals surface area contributed by atoms with Crippen LogP contribution in [0.1, 0.15) is 22.8 Å². The van der Waals surface area contributed by atoms with Crippen molar-refractivity contribution in [2.45, 2.75) is 18.2 Å². The Bertz CT molecular complexity index is 432. The van der Waals surface area contributed by atoms with E-state index in [-0.39, 0.29) is 18.1 Å². The molecular formula is C12H13ClO3S. The van der Waals surface area contributed by atoms with Crippen molar-refractivity contribution < 1.29 is 14.3 Å². The van der Waals surface area contributed by atoms with Gasteiger partial charge in [0.05, 0.1) is 18.1 Å². The van der Waals surface area contributed by atoms with E-state index in [1.54, 1.807) is 25.1 Å². The summed E-state index contributed by atoms with van der Waals surface area (Å²) in [4.78, 5) is 23.3. The molecule has 0 fully saturated rings. The summed E-state index contributed by atoms with van der Waals surface area (Å²) in [6, 6.07) is 5.03. The van der Waals surface area contributed by atoms with E-state index in [9.17, 15) is 9.59 Å². The number of carbonyl (C=O) groups excluding carboxylic acids is 2. The molecule has 0 spiro atoms. The number of esters is 1. The molecule has 5 heteroatoms. The van der Waals surface area contributed by atoms with Crippen molar-refractivity contribution in [1.29, 1.82) is 0 Å². The lowest BCUT2D eigenvalue weighted by Gasteiger charge is -2.07. The van der Waals surface area contributed by atoms with Gasteiger partial charge in [-0.3, -0.25) is 4.79 Å². The second kappa shape index (κ2) is 6.67. The molecule has 0 radical (unpaired) electrons. The summed E-state index contributed by atoms with van der Waals surface area (Å²) in [7, 11) is 0. The predicted octanol–water partition coefficient (Wildman–Crippen LogP) is 2.50. The van der Waals surface area contributed by atoms with Gasteiger partial charge in [-0.1, -0.05) is 6.07 Å². The minimum absolute atomic E-state index is 0.0304. The Morgan fingerprint density at radius 3 is 2.71 bits per heavy atom. The fraction of sp³-hybridized carbons (Fsp3) is 0.333. The Hall–Kier alpha value is -1.000. The number of benzene rings is 1. The first kappa shape index (κ1) is 14.1. The minimum atomic E-state index is -0.433. The van der Waals surface area contributed by atoms with Crippen molar-refractivity contribution in [2.24, 2.45) is 0 Å². The molecule has 1 aromatic carbocycles. The molecule has 92 valence electrons. The highest BCUT2D eigenvalue weighted by molar-refractivity contribution is 7.80. The minimum Gasteiger partial charge on any atom is -0.462 e. The molecule has 1 aromatic rings. The summed E-state index contributed by atoms with van der Waals surface area (Å²) in [5.41, 5.74) is 1.10. The average molecular weight is 273 g/mol. The number of alkyl halides is 1. The molecular weight excluding hydrogens is 260 g/mol. The number of ketones is 1. The molecule has 0 unspecified atom stereocenters. The maximum absolute atomic E-state index is 11.6. The maximum atomic E-state index is 11.6. The van der Waals surface area contributed by atoms with Gasteiger partial charge in [-0.25, -0.2) is 4.79 Å². The van der Waals surface area contributed by atoms with E-state index in [1.807, 2.05) is 0 Å². The Morgan fingerprint density at radius 1 is 1.41 bits per heavy atom. The van der Waals surface area contributed by atoms with Gasteiger partial charge < -0.3 is 4.74 Å². The summed E-state index contributed by atoms with van der Waals surface area (Å²) in [5, 5.41) is 0. The quantitative estimate of drug-likeness (QED) is 0.509. The highest BCUT2D eigenvalue weighted by Gasteiger charge is 2.12. The lowest BCUT2D eigenvalue weighted by Crippen LogP contribution is -2.08. The molecule has 0 aliphatic rings. The summed E-state index contributed by atoms with van der Waals surface area (Å²) in [6.45, 7) is 2.04. The van der Waals surface area contributed by atoms with Crippen LogP contribution >= 0.6 is 24.2 Å². The van der Waals surface area contributed by atoms with Crippen LogP contribution in [-0.4, -0.2) is 24.2 Å². The van der Waals surface area contributed by atoms with Crippen molar-refractivity contribution >= 4 is 36.0 Å². The highest BCUT2D eigenvalue weighted by Crippen LogP contribution is 2.17. The van der Waals surface area contributed by atoms with E-state index >= 15 is 0 Å². The third-order valence-electron chi connectivity index (χ3n) is 2.11. The zero-order valence-corrected chi connectivity index (χ0v) is 11.1. The van der Waals surface area contributed by atoms with E-state index in [0.29, 0.717) is 17.1 Å². The Balaban J connectivity index is 2.94. The molecule has 0 heterocycles. The smallest absolute Gasteiger partial charge is 0.339 e. The molecule has 0 aromatic heterocycles. The largest absolute Gasteiger partial charge is 0.462 e. The van der Waals surface area contributed by atoms with Crippen LogP contribution in [0.3, 0.4) is 0 Å². The standard InChI is InChI=1S/C12H13ClO3S/c1-2-16-12(15)10-6-8(3-4-11(10)17)5-9(14)7-13/h3-4,6,17H,2,5,7H2,1H3. The van der Waals surface area contributed by atoms with E-state index in [1.165, 1.54) is 0 Å². The summed E-state index contributed by atoms with van der Waals surface area (Å²) in [6.07, 6.45) is 0.212.